The highest BCUT2D eigenvalue weighted by atomic mass is 16.1. The molecule has 1 unspecified atom stereocenters. The molecule has 1 atom stereocenters. The van der Waals surface area contributed by atoms with Crippen LogP contribution in [0.15, 0.2) is 24.3 Å². The minimum Gasteiger partial charge on any atom is -0.294 e. The third-order valence-electron chi connectivity index (χ3n) is 3.15. The van der Waals surface area contributed by atoms with Crippen molar-refractivity contribution in [3.8, 4) is 0 Å². The van der Waals surface area contributed by atoms with E-state index in [1.807, 2.05) is 32.0 Å². The van der Waals surface area contributed by atoms with Crippen LogP contribution in [0.1, 0.15) is 56.0 Å². The summed E-state index contributed by atoms with van der Waals surface area (Å²) < 4.78 is 0. The molecular formula is C15H22O. The molecule has 0 saturated carbocycles. The van der Waals surface area contributed by atoms with Gasteiger partial charge in [0, 0.05) is 11.5 Å². The molecule has 0 spiro atoms. The maximum atomic E-state index is 12.1. The molecule has 0 fully saturated rings. The Morgan fingerprint density at radius 3 is 2.62 bits per heavy atom. The Hall–Kier alpha value is -1.11. The number of Topliss-reactive ketones (excluding diaryl/α,β-unsaturated/α-hetero) is 1. The van der Waals surface area contributed by atoms with Crippen molar-refractivity contribution in [1.82, 2.24) is 0 Å². The van der Waals surface area contributed by atoms with Crippen LogP contribution in [0.2, 0.25) is 0 Å². The topological polar surface area (TPSA) is 17.1 Å². The van der Waals surface area contributed by atoms with Gasteiger partial charge in [0.2, 0.25) is 0 Å². The third-order valence-corrected chi connectivity index (χ3v) is 3.15. The number of rotatable bonds is 1. The van der Waals surface area contributed by atoms with Crippen LogP contribution >= 0.6 is 0 Å². The van der Waals surface area contributed by atoms with Gasteiger partial charge in [-0.2, -0.15) is 0 Å². The Kier molecular flexibility index (Phi) is 5.24. The first kappa shape index (κ1) is 13.0. The summed E-state index contributed by atoms with van der Waals surface area (Å²) >= 11 is 0. The fraction of sp³-hybridized carbons (Fsp3) is 0.533. The van der Waals surface area contributed by atoms with Gasteiger partial charge >= 0.3 is 0 Å². The Morgan fingerprint density at radius 1 is 1.25 bits per heavy atom. The number of aryl methyl sites for hydroxylation is 1. The van der Waals surface area contributed by atoms with Crippen LogP contribution in [0.25, 0.3) is 0 Å². The van der Waals surface area contributed by atoms with Gasteiger partial charge in [0.15, 0.2) is 5.78 Å². The second-order valence-electron chi connectivity index (χ2n) is 4.02. The van der Waals surface area contributed by atoms with Gasteiger partial charge in [-0.1, -0.05) is 45.0 Å². The van der Waals surface area contributed by atoms with Crippen molar-refractivity contribution in [3.05, 3.63) is 35.4 Å². The summed E-state index contributed by atoms with van der Waals surface area (Å²) in [5, 5.41) is 0. The van der Waals surface area contributed by atoms with Crippen molar-refractivity contribution in [2.45, 2.75) is 46.5 Å². The fourth-order valence-electron chi connectivity index (χ4n) is 2.26. The van der Waals surface area contributed by atoms with Gasteiger partial charge in [-0.05, 0) is 31.2 Å². The van der Waals surface area contributed by atoms with Crippen LogP contribution in [-0.4, -0.2) is 5.78 Å². The molecule has 88 valence electrons. The number of benzene rings is 1. The zero-order chi connectivity index (χ0) is 12.0. The van der Waals surface area contributed by atoms with E-state index in [9.17, 15) is 4.79 Å². The van der Waals surface area contributed by atoms with Crippen molar-refractivity contribution in [2.24, 2.45) is 5.92 Å². The van der Waals surface area contributed by atoms with E-state index in [0.29, 0.717) is 5.78 Å². The minimum atomic E-state index is 0.263. The van der Waals surface area contributed by atoms with E-state index >= 15 is 0 Å². The molecule has 0 radical (unpaired) electrons. The highest BCUT2D eigenvalue weighted by molar-refractivity contribution is 5.99. The fourth-order valence-corrected chi connectivity index (χ4v) is 2.26. The normalized spacial score (nSPS) is 19.2. The molecule has 0 bridgehead atoms. The lowest BCUT2D eigenvalue weighted by Crippen LogP contribution is -2.12. The van der Waals surface area contributed by atoms with E-state index in [4.69, 9.17) is 0 Å². The SMILES string of the molecule is CC.CCC1CCCc2ccccc2C1=O. The number of fused-ring (bicyclic) bond motifs is 1. The Morgan fingerprint density at radius 2 is 1.94 bits per heavy atom. The molecule has 0 saturated heterocycles. The third kappa shape index (κ3) is 2.72. The largest absolute Gasteiger partial charge is 0.294 e. The minimum absolute atomic E-state index is 0.263. The zero-order valence-corrected chi connectivity index (χ0v) is 10.6. The van der Waals surface area contributed by atoms with Crippen LogP contribution in [0.4, 0.5) is 0 Å². The Bertz CT molecular complexity index is 341. The van der Waals surface area contributed by atoms with Gasteiger partial charge in [-0.15, -0.1) is 0 Å². The maximum Gasteiger partial charge on any atom is 0.166 e. The summed E-state index contributed by atoms with van der Waals surface area (Å²) in [6.45, 7) is 6.11. The van der Waals surface area contributed by atoms with Crippen LogP contribution < -0.4 is 0 Å². The van der Waals surface area contributed by atoms with Crippen LogP contribution in [0.5, 0.6) is 0 Å². The quantitative estimate of drug-likeness (QED) is 0.644. The predicted octanol–water partition coefficient (Wildman–Crippen LogP) is 4.26. The lowest BCUT2D eigenvalue weighted by atomic mass is 9.93. The second-order valence-corrected chi connectivity index (χ2v) is 4.02. The predicted molar refractivity (Wildman–Crippen MR) is 68.8 cm³/mol. The van der Waals surface area contributed by atoms with Crippen molar-refractivity contribution in [1.29, 1.82) is 0 Å². The van der Waals surface area contributed by atoms with Gasteiger partial charge in [0.25, 0.3) is 0 Å². The standard InChI is InChI=1S/C13H16O.C2H6/c1-2-10-7-5-8-11-6-3-4-9-12(11)13(10)14;1-2/h3-4,6,9-10H,2,5,7-8H2,1H3;1-2H3. The van der Waals surface area contributed by atoms with E-state index in [0.717, 1.165) is 31.2 Å². The number of carbonyl (C=O) groups is 1. The molecule has 1 aromatic rings. The molecule has 0 aromatic heterocycles. The van der Waals surface area contributed by atoms with Crippen molar-refractivity contribution < 1.29 is 4.79 Å². The number of hydrogen-bond acceptors (Lipinski definition) is 1. The molecule has 1 aliphatic rings. The summed E-state index contributed by atoms with van der Waals surface area (Å²) in [7, 11) is 0. The van der Waals surface area contributed by atoms with Crippen LogP contribution in [0.3, 0.4) is 0 Å². The van der Waals surface area contributed by atoms with Gasteiger partial charge in [-0.25, -0.2) is 0 Å². The summed E-state index contributed by atoms with van der Waals surface area (Å²) in [6, 6.07) is 8.06. The molecule has 1 aromatic carbocycles. The van der Waals surface area contributed by atoms with Crippen LogP contribution in [-0.2, 0) is 6.42 Å². The van der Waals surface area contributed by atoms with E-state index < -0.39 is 0 Å². The molecule has 1 heteroatoms. The van der Waals surface area contributed by atoms with E-state index in [2.05, 4.69) is 13.0 Å². The smallest absolute Gasteiger partial charge is 0.166 e. The van der Waals surface area contributed by atoms with E-state index in [-0.39, 0.29) is 5.92 Å². The summed E-state index contributed by atoms with van der Waals surface area (Å²) in [5.74, 6) is 0.624. The summed E-state index contributed by atoms with van der Waals surface area (Å²) in [4.78, 5) is 12.1. The van der Waals surface area contributed by atoms with Gasteiger partial charge in [0.1, 0.15) is 0 Å². The molecule has 0 amide bonds. The first-order valence-electron chi connectivity index (χ1n) is 6.45. The molecule has 1 aliphatic carbocycles. The molecule has 0 aliphatic heterocycles. The zero-order valence-electron chi connectivity index (χ0n) is 10.6. The monoisotopic (exact) mass is 218 g/mol. The Balaban J connectivity index is 0.000000606. The summed E-state index contributed by atoms with van der Waals surface area (Å²) in [6.07, 6.45) is 4.26. The first-order valence-corrected chi connectivity index (χ1v) is 6.45. The van der Waals surface area contributed by atoms with Crippen molar-refractivity contribution >= 4 is 5.78 Å². The average Bonchev–Trinajstić information content (AvgIpc) is 2.52. The first-order chi connectivity index (χ1) is 7.83. The number of ketones is 1. The van der Waals surface area contributed by atoms with Gasteiger partial charge in [0.05, 0.1) is 0 Å². The molecule has 16 heavy (non-hydrogen) atoms. The van der Waals surface area contributed by atoms with E-state index in [1.165, 1.54) is 5.56 Å². The highest BCUT2D eigenvalue weighted by Gasteiger charge is 2.23. The number of hydrogen-bond donors (Lipinski definition) is 0. The molecule has 2 rings (SSSR count). The number of carbonyl (C=O) groups excluding carboxylic acids is 1. The maximum absolute atomic E-state index is 12.1. The summed E-state index contributed by atoms with van der Waals surface area (Å²) in [5.41, 5.74) is 2.21. The van der Waals surface area contributed by atoms with E-state index in [1.54, 1.807) is 0 Å². The van der Waals surface area contributed by atoms with Gasteiger partial charge < -0.3 is 0 Å². The second kappa shape index (κ2) is 6.47. The Labute approximate surface area is 98.9 Å². The lowest BCUT2D eigenvalue weighted by molar-refractivity contribution is 0.0913. The van der Waals surface area contributed by atoms with Crippen molar-refractivity contribution in [2.75, 3.05) is 0 Å². The van der Waals surface area contributed by atoms with Crippen LogP contribution in [0, 0.1) is 5.92 Å². The molecule has 1 nitrogen and oxygen atoms in total. The van der Waals surface area contributed by atoms with Crippen molar-refractivity contribution in [3.63, 3.8) is 0 Å². The highest BCUT2D eigenvalue weighted by Crippen LogP contribution is 2.26. The molecular weight excluding hydrogens is 196 g/mol. The van der Waals surface area contributed by atoms with Gasteiger partial charge in [-0.3, -0.25) is 4.79 Å². The average molecular weight is 218 g/mol. The molecule has 0 heterocycles. The molecule has 0 N–H and O–H groups in total. The lowest BCUT2D eigenvalue weighted by Gasteiger charge is -2.10.